The van der Waals surface area contributed by atoms with Crippen molar-refractivity contribution in [3.63, 3.8) is 0 Å². The number of para-hydroxylation sites is 3. The Hall–Kier alpha value is -5.70. The van der Waals surface area contributed by atoms with Crippen LogP contribution in [0.1, 0.15) is 5.56 Å². The molecule has 4 aromatic carbocycles. The van der Waals surface area contributed by atoms with E-state index in [1.165, 1.54) is 0 Å². The predicted molar refractivity (Wildman–Crippen MR) is 145 cm³/mol. The fourth-order valence-electron chi connectivity index (χ4n) is 4.11. The van der Waals surface area contributed by atoms with E-state index in [0.29, 0.717) is 44.2 Å². The fourth-order valence-corrected chi connectivity index (χ4v) is 4.11. The number of rotatable bonds is 5. The summed E-state index contributed by atoms with van der Waals surface area (Å²) < 4.78 is 16.3. The van der Waals surface area contributed by atoms with Gasteiger partial charge in [0.05, 0.1) is 27.5 Å². The van der Waals surface area contributed by atoms with Crippen molar-refractivity contribution in [1.82, 2.24) is 9.97 Å². The largest absolute Gasteiger partial charge is 0.409 e. The number of aliphatic imine (C=N–C) groups is 1. The van der Waals surface area contributed by atoms with E-state index in [2.05, 4.69) is 15.0 Å². The van der Waals surface area contributed by atoms with Crippen LogP contribution in [0.2, 0.25) is 0 Å². The zero-order valence-corrected chi connectivity index (χ0v) is 20.1. The fraction of sp³-hybridized carbons (Fsp3) is 0. The van der Waals surface area contributed by atoms with Crippen molar-refractivity contribution in [2.75, 3.05) is 0 Å². The molecule has 6 aromatic rings. The minimum absolute atomic E-state index is 0.00935. The first-order chi connectivity index (χ1) is 19.1. The van der Waals surface area contributed by atoms with Gasteiger partial charge in [-0.25, -0.2) is 24.5 Å². The number of fused-ring (bicyclic) bond motifs is 2. The van der Waals surface area contributed by atoms with Gasteiger partial charge in [0.15, 0.2) is 0 Å². The van der Waals surface area contributed by atoms with Gasteiger partial charge in [-0.1, -0.05) is 42.5 Å². The number of benzene rings is 4. The van der Waals surface area contributed by atoms with Crippen LogP contribution >= 0.6 is 0 Å². The molecule has 0 fully saturated rings. The van der Waals surface area contributed by atoms with Gasteiger partial charge in [0.2, 0.25) is 17.7 Å². The zero-order chi connectivity index (χ0) is 26.8. The van der Waals surface area contributed by atoms with Gasteiger partial charge in [-0.2, -0.15) is 0 Å². The Morgan fingerprint density at radius 2 is 1.21 bits per heavy atom. The van der Waals surface area contributed by atoms with Crippen molar-refractivity contribution < 1.29 is 18.4 Å². The predicted octanol–water partition coefficient (Wildman–Crippen LogP) is 5.27. The Balaban J connectivity index is 1.61. The molecule has 0 aliphatic rings. The molecule has 0 spiro atoms. The molecular weight excluding hydrogens is 498 g/mol. The van der Waals surface area contributed by atoms with Crippen LogP contribution in [0.3, 0.4) is 0 Å². The summed E-state index contributed by atoms with van der Waals surface area (Å²) in [6.07, 6.45) is 0. The van der Waals surface area contributed by atoms with Gasteiger partial charge in [-0.3, -0.25) is 4.79 Å². The van der Waals surface area contributed by atoms with Gasteiger partial charge < -0.3 is 13.6 Å². The monoisotopic (exact) mass is 515 g/mol. The lowest BCUT2D eigenvalue weighted by Gasteiger charge is -2.10. The molecule has 6 rings (SSSR count). The number of carbonyl (C=O) groups excluding carboxylic acids is 1. The van der Waals surface area contributed by atoms with E-state index in [1.807, 2.05) is 6.07 Å². The SMILES string of the molecule is O=COC(=Nc1ccccc1)c1cc(-c2nc3ccccc3c(=O)o2)cc(-c2nc3ccccc3c(=O)o2)c1. The summed E-state index contributed by atoms with van der Waals surface area (Å²) in [6.45, 7) is 0.261. The van der Waals surface area contributed by atoms with E-state index >= 15 is 0 Å². The van der Waals surface area contributed by atoms with Crippen molar-refractivity contribution in [2.24, 2.45) is 4.99 Å². The lowest BCUT2D eigenvalue weighted by Crippen LogP contribution is -2.08. The molecule has 0 N–H and O–H groups in total. The third-order valence-corrected chi connectivity index (χ3v) is 5.89. The van der Waals surface area contributed by atoms with Crippen molar-refractivity contribution >= 4 is 39.9 Å². The first kappa shape index (κ1) is 23.7. The maximum atomic E-state index is 12.7. The van der Waals surface area contributed by atoms with Crippen LogP contribution in [0.5, 0.6) is 0 Å². The van der Waals surface area contributed by atoms with Crippen molar-refractivity contribution in [3.05, 3.63) is 123 Å². The smallest absolute Gasteiger partial charge is 0.347 e. The molecule has 9 heteroatoms. The average molecular weight is 515 g/mol. The van der Waals surface area contributed by atoms with E-state index in [-0.39, 0.29) is 24.2 Å². The highest BCUT2D eigenvalue weighted by Gasteiger charge is 2.18. The lowest BCUT2D eigenvalue weighted by atomic mass is 10.0. The van der Waals surface area contributed by atoms with Gasteiger partial charge in [0.25, 0.3) is 6.47 Å². The second-order valence-electron chi connectivity index (χ2n) is 8.41. The molecule has 0 amide bonds. The normalized spacial score (nSPS) is 11.5. The number of ether oxygens (including phenoxy) is 1. The van der Waals surface area contributed by atoms with Crippen LogP contribution in [-0.4, -0.2) is 22.3 Å². The lowest BCUT2D eigenvalue weighted by molar-refractivity contribution is -0.121. The van der Waals surface area contributed by atoms with E-state index < -0.39 is 11.3 Å². The molecule has 0 aliphatic carbocycles. The topological polar surface area (TPSA) is 125 Å². The van der Waals surface area contributed by atoms with Crippen LogP contribution in [0.4, 0.5) is 5.69 Å². The summed E-state index contributed by atoms with van der Waals surface area (Å²) in [5, 5.41) is 0.658. The van der Waals surface area contributed by atoms with Crippen molar-refractivity contribution in [3.8, 4) is 22.9 Å². The van der Waals surface area contributed by atoms with E-state index in [1.54, 1.807) is 91.0 Å². The van der Waals surface area contributed by atoms with Gasteiger partial charge >= 0.3 is 11.3 Å². The summed E-state index contributed by atoms with van der Waals surface area (Å²) in [7, 11) is 0. The minimum Gasteiger partial charge on any atom is -0.409 e. The Bertz CT molecular complexity index is 1900. The second-order valence-corrected chi connectivity index (χ2v) is 8.41. The highest BCUT2D eigenvalue weighted by atomic mass is 16.5. The van der Waals surface area contributed by atoms with Crippen molar-refractivity contribution in [2.45, 2.75) is 0 Å². The molecule has 2 aromatic heterocycles. The van der Waals surface area contributed by atoms with E-state index in [4.69, 9.17) is 13.6 Å². The van der Waals surface area contributed by atoms with E-state index in [0.717, 1.165) is 0 Å². The highest BCUT2D eigenvalue weighted by Crippen LogP contribution is 2.28. The Morgan fingerprint density at radius 1 is 0.692 bits per heavy atom. The molecule has 39 heavy (non-hydrogen) atoms. The van der Waals surface area contributed by atoms with E-state index in [9.17, 15) is 14.4 Å². The molecule has 9 nitrogen and oxygen atoms in total. The van der Waals surface area contributed by atoms with Crippen LogP contribution in [0, 0.1) is 0 Å². The van der Waals surface area contributed by atoms with Gasteiger partial charge in [0, 0.05) is 16.7 Å². The Kier molecular flexibility index (Phi) is 6.06. The van der Waals surface area contributed by atoms with Crippen molar-refractivity contribution in [1.29, 1.82) is 0 Å². The average Bonchev–Trinajstić information content (AvgIpc) is 2.97. The Morgan fingerprint density at radius 3 is 1.74 bits per heavy atom. The number of nitrogens with zero attached hydrogens (tertiary/aromatic N) is 3. The molecular formula is C30H17N3O6. The minimum atomic E-state index is -0.569. The maximum Gasteiger partial charge on any atom is 0.347 e. The van der Waals surface area contributed by atoms with Crippen LogP contribution in [-0.2, 0) is 9.53 Å². The molecule has 0 radical (unpaired) electrons. The third-order valence-electron chi connectivity index (χ3n) is 5.89. The third kappa shape index (κ3) is 4.72. The molecule has 0 atom stereocenters. The first-order valence-corrected chi connectivity index (χ1v) is 11.8. The van der Waals surface area contributed by atoms with Gasteiger partial charge in [-0.05, 0) is 54.6 Å². The molecule has 0 saturated carbocycles. The summed E-state index contributed by atoms with van der Waals surface area (Å²) >= 11 is 0. The summed E-state index contributed by atoms with van der Waals surface area (Å²) in [5.41, 5.74) is 1.29. The summed E-state index contributed by atoms with van der Waals surface area (Å²) in [4.78, 5) is 50.3. The van der Waals surface area contributed by atoms with Crippen LogP contribution in [0.25, 0.3) is 44.7 Å². The number of aromatic nitrogens is 2. The zero-order valence-electron chi connectivity index (χ0n) is 20.1. The second kappa shape index (κ2) is 9.98. The number of carbonyl (C=O) groups is 1. The maximum absolute atomic E-state index is 12.7. The molecule has 188 valence electrons. The Labute approximate surface area is 219 Å². The van der Waals surface area contributed by atoms with Crippen LogP contribution in [0.15, 0.2) is 120 Å². The highest BCUT2D eigenvalue weighted by molar-refractivity contribution is 6.01. The number of hydrogen-bond acceptors (Lipinski definition) is 9. The number of hydrogen-bond donors (Lipinski definition) is 0. The first-order valence-electron chi connectivity index (χ1n) is 11.8. The summed E-state index contributed by atoms with van der Waals surface area (Å²) in [5.74, 6) is -0.0178. The standard InChI is InChI=1S/C30H17N3O6/c34-17-37-26(31-21-8-2-1-3-9-21)18-14-19(27-32-24-12-6-4-10-22(24)29(35)38-27)16-20(15-18)28-33-25-13-7-5-11-23(25)30(36)39-28/h1-17H. The van der Waals surface area contributed by atoms with Gasteiger partial charge in [-0.15, -0.1) is 0 Å². The quantitative estimate of drug-likeness (QED) is 0.173. The van der Waals surface area contributed by atoms with Gasteiger partial charge in [0.1, 0.15) is 0 Å². The molecule has 2 heterocycles. The molecule has 0 saturated heterocycles. The molecule has 0 aliphatic heterocycles. The molecule has 0 bridgehead atoms. The summed E-state index contributed by atoms with van der Waals surface area (Å²) in [6, 6.07) is 27.3. The van der Waals surface area contributed by atoms with Crippen LogP contribution < -0.4 is 11.3 Å². The molecule has 0 unspecified atom stereocenters.